The lowest BCUT2D eigenvalue weighted by Gasteiger charge is -2.17. The molecule has 1 aromatic rings. The van der Waals surface area contributed by atoms with E-state index >= 15 is 0 Å². The van der Waals surface area contributed by atoms with Gasteiger partial charge in [-0.05, 0) is 37.7 Å². The van der Waals surface area contributed by atoms with Crippen molar-refractivity contribution in [2.45, 2.75) is 20.8 Å². The number of hydrogen-bond donors (Lipinski definition) is 1. The second-order valence-electron chi connectivity index (χ2n) is 5.21. The predicted octanol–water partition coefficient (Wildman–Crippen LogP) is 2.57. The number of carbonyl (C=O) groups is 1. The summed E-state index contributed by atoms with van der Waals surface area (Å²) in [6, 6.07) is 5.56. The first-order valence-electron chi connectivity index (χ1n) is 7.96. The largest absolute Gasteiger partial charge is 0.497 e. The molecular weight excluding hydrogens is 292 g/mol. The van der Waals surface area contributed by atoms with Gasteiger partial charge in [0.2, 0.25) is 5.91 Å². The Bertz CT molecular complexity index is 537. The van der Waals surface area contributed by atoms with E-state index in [9.17, 15) is 4.79 Å². The molecule has 0 radical (unpaired) electrons. The topological polar surface area (TPSA) is 50.8 Å². The summed E-state index contributed by atoms with van der Waals surface area (Å²) < 4.78 is 10.6. The van der Waals surface area contributed by atoms with Crippen LogP contribution in [0.5, 0.6) is 11.5 Å². The van der Waals surface area contributed by atoms with Crippen molar-refractivity contribution in [3.05, 3.63) is 29.8 Å². The Morgan fingerprint density at radius 1 is 1.22 bits per heavy atom. The highest BCUT2D eigenvalue weighted by atomic mass is 16.5. The van der Waals surface area contributed by atoms with Crippen molar-refractivity contribution in [2.24, 2.45) is 0 Å². The van der Waals surface area contributed by atoms with Crippen molar-refractivity contribution in [3.63, 3.8) is 0 Å². The van der Waals surface area contributed by atoms with Crippen LogP contribution in [0.15, 0.2) is 24.3 Å². The second-order valence-corrected chi connectivity index (χ2v) is 5.21. The van der Waals surface area contributed by atoms with Crippen LogP contribution in [0.1, 0.15) is 26.3 Å². The number of ether oxygens (including phenoxy) is 2. The van der Waals surface area contributed by atoms with Crippen LogP contribution >= 0.6 is 0 Å². The molecular formula is C18H28N2O3. The van der Waals surface area contributed by atoms with Gasteiger partial charge < -0.3 is 19.7 Å². The summed E-state index contributed by atoms with van der Waals surface area (Å²) >= 11 is 0. The minimum Gasteiger partial charge on any atom is -0.497 e. The average molecular weight is 320 g/mol. The normalized spacial score (nSPS) is 11.5. The molecule has 128 valence electrons. The van der Waals surface area contributed by atoms with Gasteiger partial charge in [-0.2, -0.15) is 0 Å². The van der Waals surface area contributed by atoms with Crippen LogP contribution in [0, 0.1) is 0 Å². The molecule has 23 heavy (non-hydrogen) atoms. The predicted molar refractivity (Wildman–Crippen MR) is 94.0 cm³/mol. The van der Waals surface area contributed by atoms with Gasteiger partial charge in [-0.3, -0.25) is 4.79 Å². The van der Waals surface area contributed by atoms with E-state index < -0.39 is 0 Å². The molecule has 0 aliphatic heterocycles. The second kappa shape index (κ2) is 9.90. The number of allylic oxidation sites excluding steroid dienone is 1. The summed E-state index contributed by atoms with van der Waals surface area (Å²) in [5, 5.41) is 2.92. The molecule has 0 fully saturated rings. The zero-order valence-corrected chi connectivity index (χ0v) is 14.8. The molecule has 0 atom stereocenters. The van der Waals surface area contributed by atoms with Gasteiger partial charge in [-0.25, -0.2) is 0 Å². The van der Waals surface area contributed by atoms with Crippen molar-refractivity contribution in [3.8, 4) is 11.5 Å². The van der Waals surface area contributed by atoms with Crippen LogP contribution in [0.4, 0.5) is 0 Å². The first kappa shape index (κ1) is 19.0. The lowest BCUT2D eigenvalue weighted by molar-refractivity contribution is -0.116. The number of rotatable bonds is 9. The highest BCUT2D eigenvalue weighted by molar-refractivity contribution is 5.95. The van der Waals surface area contributed by atoms with E-state index in [1.54, 1.807) is 20.3 Å². The minimum atomic E-state index is -0.0903. The smallest absolute Gasteiger partial charge is 0.244 e. The number of methoxy groups -OCH3 is 2. The Kier molecular flexibility index (Phi) is 8.19. The Labute approximate surface area is 139 Å². The maximum absolute atomic E-state index is 12.0. The molecule has 1 rings (SSSR count). The molecule has 0 saturated heterocycles. The third kappa shape index (κ3) is 5.94. The SMILES string of the molecule is CCN(CC)CCNC(=O)/C=C(\C)c1ccc(OC)cc1OC. The summed E-state index contributed by atoms with van der Waals surface area (Å²) in [6.45, 7) is 9.61. The van der Waals surface area contributed by atoms with Crippen molar-refractivity contribution in [2.75, 3.05) is 40.4 Å². The van der Waals surface area contributed by atoms with Gasteiger partial charge in [0.1, 0.15) is 11.5 Å². The summed E-state index contributed by atoms with van der Waals surface area (Å²) in [6.07, 6.45) is 1.60. The number of amides is 1. The molecule has 1 N–H and O–H groups in total. The molecule has 1 amide bonds. The zero-order chi connectivity index (χ0) is 17.2. The first-order valence-corrected chi connectivity index (χ1v) is 7.96. The van der Waals surface area contributed by atoms with Crippen LogP contribution in [0.3, 0.4) is 0 Å². The lowest BCUT2D eigenvalue weighted by atomic mass is 10.1. The molecule has 5 nitrogen and oxygen atoms in total. The quantitative estimate of drug-likeness (QED) is 0.711. The molecule has 1 aromatic carbocycles. The molecule has 0 aliphatic rings. The van der Waals surface area contributed by atoms with Crippen LogP contribution < -0.4 is 14.8 Å². The van der Waals surface area contributed by atoms with E-state index in [1.807, 2.05) is 25.1 Å². The van der Waals surface area contributed by atoms with Crippen LogP contribution in [-0.4, -0.2) is 51.2 Å². The van der Waals surface area contributed by atoms with E-state index in [0.717, 1.165) is 36.5 Å². The molecule has 0 aliphatic carbocycles. The third-order valence-electron chi connectivity index (χ3n) is 3.80. The van der Waals surface area contributed by atoms with Crippen LogP contribution in [-0.2, 0) is 4.79 Å². The zero-order valence-electron chi connectivity index (χ0n) is 14.8. The van der Waals surface area contributed by atoms with E-state index in [-0.39, 0.29) is 5.91 Å². The standard InChI is InChI=1S/C18H28N2O3/c1-6-20(7-2)11-10-19-18(21)12-14(3)16-9-8-15(22-4)13-17(16)23-5/h8-9,12-13H,6-7,10-11H2,1-5H3,(H,19,21)/b14-12+. The maximum Gasteiger partial charge on any atom is 0.244 e. The summed E-state index contributed by atoms with van der Waals surface area (Å²) in [5.74, 6) is 1.32. The molecule has 5 heteroatoms. The van der Waals surface area contributed by atoms with Gasteiger partial charge in [-0.15, -0.1) is 0 Å². The molecule has 0 saturated carbocycles. The Hall–Kier alpha value is -2.01. The number of nitrogens with one attached hydrogen (secondary N) is 1. The van der Waals surface area contributed by atoms with E-state index in [2.05, 4.69) is 24.1 Å². The molecule has 0 aromatic heterocycles. The Balaban J connectivity index is 2.70. The van der Waals surface area contributed by atoms with Crippen molar-refractivity contribution >= 4 is 11.5 Å². The number of likely N-dealkylation sites (N-methyl/N-ethyl adjacent to an activating group) is 1. The Morgan fingerprint density at radius 3 is 2.48 bits per heavy atom. The fraction of sp³-hybridized carbons (Fsp3) is 0.500. The van der Waals surface area contributed by atoms with Gasteiger partial charge in [0.15, 0.2) is 0 Å². The summed E-state index contributed by atoms with van der Waals surface area (Å²) in [7, 11) is 3.22. The van der Waals surface area contributed by atoms with E-state index in [4.69, 9.17) is 9.47 Å². The number of carbonyl (C=O) groups excluding carboxylic acids is 1. The summed E-state index contributed by atoms with van der Waals surface area (Å²) in [5.41, 5.74) is 1.73. The highest BCUT2D eigenvalue weighted by Crippen LogP contribution is 2.29. The van der Waals surface area contributed by atoms with Crippen molar-refractivity contribution in [1.82, 2.24) is 10.2 Å². The lowest BCUT2D eigenvalue weighted by Crippen LogP contribution is -2.34. The van der Waals surface area contributed by atoms with Crippen LogP contribution in [0.25, 0.3) is 5.57 Å². The van der Waals surface area contributed by atoms with Gasteiger partial charge in [-0.1, -0.05) is 13.8 Å². The van der Waals surface area contributed by atoms with Crippen molar-refractivity contribution < 1.29 is 14.3 Å². The minimum absolute atomic E-state index is 0.0903. The fourth-order valence-corrected chi connectivity index (χ4v) is 2.33. The fourth-order valence-electron chi connectivity index (χ4n) is 2.33. The van der Waals surface area contributed by atoms with Crippen molar-refractivity contribution in [1.29, 1.82) is 0 Å². The third-order valence-corrected chi connectivity index (χ3v) is 3.80. The number of benzene rings is 1. The summed E-state index contributed by atoms with van der Waals surface area (Å²) in [4.78, 5) is 14.3. The molecule has 0 bridgehead atoms. The van der Waals surface area contributed by atoms with Gasteiger partial charge in [0.05, 0.1) is 14.2 Å². The number of nitrogens with zero attached hydrogens (tertiary/aromatic N) is 1. The van der Waals surface area contributed by atoms with Crippen LogP contribution in [0.2, 0.25) is 0 Å². The highest BCUT2D eigenvalue weighted by Gasteiger charge is 2.08. The van der Waals surface area contributed by atoms with Gasteiger partial charge in [0, 0.05) is 30.8 Å². The number of hydrogen-bond acceptors (Lipinski definition) is 4. The maximum atomic E-state index is 12.0. The molecule has 0 unspecified atom stereocenters. The van der Waals surface area contributed by atoms with E-state index in [0.29, 0.717) is 12.3 Å². The van der Waals surface area contributed by atoms with Gasteiger partial charge >= 0.3 is 0 Å². The average Bonchev–Trinajstić information content (AvgIpc) is 2.57. The monoisotopic (exact) mass is 320 g/mol. The molecule has 0 spiro atoms. The Morgan fingerprint density at radius 2 is 1.91 bits per heavy atom. The first-order chi connectivity index (χ1) is 11.0. The van der Waals surface area contributed by atoms with Gasteiger partial charge in [0.25, 0.3) is 0 Å². The molecule has 0 heterocycles. The van der Waals surface area contributed by atoms with E-state index in [1.165, 1.54) is 0 Å².